The van der Waals surface area contributed by atoms with Gasteiger partial charge in [0.25, 0.3) is 0 Å². The molecule has 0 spiro atoms. The van der Waals surface area contributed by atoms with Crippen molar-refractivity contribution in [2.24, 2.45) is 0 Å². The van der Waals surface area contributed by atoms with Crippen LogP contribution in [0.25, 0.3) is 16.3 Å². The Balaban J connectivity index is 2.04. The lowest BCUT2D eigenvalue weighted by Crippen LogP contribution is -1.98. The van der Waals surface area contributed by atoms with Crippen LogP contribution >= 0.6 is 11.3 Å². The molecule has 0 saturated heterocycles. The third-order valence-corrected chi connectivity index (χ3v) is 4.19. The summed E-state index contributed by atoms with van der Waals surface area (Å²) >= 11 is 1.58. The van der Waals surface area contributed by atoms with E-state index in [4.69, 9.17) is 5.11 Å². The summed E-state index contributed by atoms with van der Waals surface area (Å²) in [5, 5.41) is 22.7. The molecule has 2 aromatic heterocycles. The quantitative estimate of drug-likeness (QED) is 0.803. The van der Waals surface area contributed by atoms with Gasteiger partial charge in [-0.25, -0.2) is 9.48 Å². The van der Waals surface area contributed by atoms with E-state index in [-0.39, 0.29) is 5.56 Å². The van der Waals surface area contributed by atoms with Crippen LogP contribution in [0.15, 0.2) is 42.6 Å². The Hall–Kier alpha value is -2.91. The van der Waals surface area contributed by atoms with Crippen LogP contribution in [0.4, 0.5) is 0 Å². The van der Waals surface area contributed by atoms with Gasteiger partial charge >= 0.3 is 5.97 Å². The number of carboxylic acids is 1. The van der Waals surface area contributed by atoms with E-state index in [1.165, 1.54) is 12.1 Å². The van der Waals surface area contributed by atoms with Gasteiger partial charge in [0.15, 0.2) is 0 Å². The molecule has 1 N–H and O–H groups in total. The van der Waals surface area contributed by atoms with Gasteiger partial charge in [0, 0.05) is 11.1 Å². The van der Waals surface area contributed by atoms with Crippen molar-refractivity contribution < 1.29 is 9.90 Å². The molecule has 0 aliphatic heterocycles. The topological polar surface area (TPSA) is 78.9 Å². The van der Waals surface area contributed by atoms with E-state index in [2.05, 4.69) is 11.2 Å². The predicted molar refractivity (Wildman–Crippen MR) is 83.3 cm³/mol. The number of nitriles is 1. The summed E-state index contributed by atoms with van der Waals surface area (Å²) in [6.07, 6.45) is 1.65. The van der Waals surface area contributed by atoms with Crippen LogP contribution in [0.3, 0.4) is 0 Å². The Morgan fingerprint density at radius 1 is 1.27 bits per heavy atom. The molecule has 0 amide bonds. The number of thiophene rings is 1. The lowest BCUT2D eigenvalue weighted by Gasteiger charge is -2.01. The van der Waals surface area contributed by atoms with Crippen LogP contribution in [-0.4, -0.2) is 20.9 Å². The molecule has 3 rings (SSSR count). The normalized spacial score (nSPS) is 10.4. The zero-order valence-corrected chi connectivity index (χ0v) is 12.5. The summed E-state index contributed by atoms with van der Waals surface area (Å²) in [7, 11) is 0. The van der Waals surface area contributed by atoms with Gasteiger partial charge in [-0.15, -0.1) is 11.3 Å². The largest absolute Gasteiger partial charge is 0.478 e. The maximum atomic E-state index is 10.9. The monoisotopic (exact) mass is 309 g/mol. The summed E-state index contributed by atoms with van der Waals surface area (Å²) in [6.45, 7) is 2.00. The molecule has 0 bridgehead atoms. The van der Waals surface area contributed by atoms with E-state index >= 15 is 0 Å². The second kappa shape index (κ2) is 5.47. The Morgan fingerprint density at radius 2 is 2.00 bits per heavy atom. The van der Waals surface area contributed by atoms with Crippen LogP contribution < -0.4 is 0 Å². The minimum absolute atomic E-state index is 0.213. The second-order valence-electron chi connectivity index (χ2n) is 4.71. The maximum Gasteiger partial charge on any atom is 0.335 e. The first-order valence-corrected chi connectivity index (χ1v) is 7.30. The lowest BCUT2D eigenvalue weighted by molar-refractivity contribution is 0.0697. The molecule has 3 aromatic rings. The van der Waals surface area contributed by atoms with E-state index in [1.54, 1.807) is 34.3 Å². The van der Waals surface area contributed by atoms with Crippen LogP contribution in [0, 0.1) is 18.3 Å². The molecule has 0 unspecified atom stereocenters. The molecule has 0 aliphatic rings. The smallest absolute Gasteiger partial charge is 0.335 e. The summed E-state index contributed by atoms with van der Waals surface area (Å²) in [4.78, 5) is 13.0. The summed E-state index contributed by atoms with van der Waals surface area (Å²) in [6, 6.07) is 12.4. The van der Waals surface area contributed by atoms with Gasteiger partial charge in [-0.3, -0.25) is 0 Å². The summed E-state index contributed by atoms with van der Waals surface area (Å²) in [5.74, 6) is -0.973. The highest BCUT2D eigenvalue weighted by Gasteiger charge is 2.13. The maximum absolute atomic E-state index is 10.9. The molecule has 0 aliphatic carbocycles. The van der Waals surface area contributed by atoms with Crippen LogP contribution in [0.5, 0.6) is 0 Å². The van der Waals surface area contributed by atoms with E-state index in [0.717, 1.165) is 9.75 Å². The third-order valence-electron chi connectivity index (χ3n) is 3.19. The number of carbonyl (C=O) groups is 1. The van der Waals surface area contributed by atoms with Gasteiger partial charge < -0.3 is 5.11 Å². The lowest BCUT2D eigenvalue weighted by atomic mass is 10.2. The minimum Gasteiger partial charge on any atom is -0.478 e. The number of aryl methyl sites for hydroxylation is 1. The van der Waals surface area contributed by atoms with Crippen molar-refractivity contribution in [1.29, 1.82) is 5.26 Å². The van der Waals surface area contributed by atoms with Gasteiger partial charge in [-0.05, 0) is 43.3 Å². The van der Waals surface area contributed by atoms with Crippen molar-refractivity contribution in [3.05, 3.63) is 58.6 Å². The van der Waals surface area contributed by atoms with E-state index in [9.17, 15) is 10.1 Å². The summed E-state index contributed by atoms with van der Waals surface area (Å²) < 4.78 is 1.59. The number of carboxylic acid groups (broad SMARTS) is 1. The van der Waals surface area contributed by atoms with Gasteiger partial charge in [0.2, 0.25) is 0 Å². The first-order chi connectivity index (χ1) is 10.6. The number of benzene rings is 1. The molecule has 108 valence electrons. The second-order valence-corrected chi connectivity index (χ2v) is 6.00. The van der Waals surface area contributed by atoms with Crippen molar-refractivity contribution in [3.63, 3.8) is 0 Å². The molecule has 0 atom stereocenters. The first kappa shape index (κ1) is 14.0. The molecule has 1 aromatic carbocycles. The Kier molecular flexibility index (Phi) is 3.49. The van der Waals surface area contributed by atoms with Crippen molar-refractivity contribution in [3.8, 4) is 22.3 Å². The molecule has 0 saturated carbocycles. The number of aromatic nitrogens is 2. The number of hydrogen-bond acceptors (Lipinski definition) is 4. The highest BCUT2D eigenvalue weighted by Crippen LogP contribution is 2.29. The van der Waals surface area contributed by atoms with Crippen molar-refractivity contribution in [2.45, 2.75) is 6.92 Å². The first-order valence-electron chi connectivity index (χ1n) is 6.49. The van der Waals surface area contributed by atoms with E-state index in [1.807, 2.05) is 19.1 Å². The van der Waals surface area contributed by atoms with Crippen LogP contribution in [0.2, 0.25) is 0 Å². The molecule has 0 fully saturated rings. The molecule has 2 heterocycles. The molecular formula is C16H11N3O2S. The number of aromatic carboxylic acids is 1. The SMILES string of the molecule is Cc1ccc(-c2nn(-c3ccc(C(=O)O)cc3)cc2C#N)s1. The molecule has 22 heavy (non-hydrogen) atoms. The fraction of sp³-hybridized carbons (Fsp3) is 0.0625. The third kappa shape index (κ3) is 2.50. The van der Waals surface area contributed by atoms with Crippen molar-refractivity contribution in [2.75, 3.05) is 0 Å². The van der Waals surface area contributed by atoms with Crippen LogP contribution in [0.1, 0.15) is 20.8 Å². The molecular weight excluding hydrogens is 298 g/mol. The van der Waals surface area contributed by atoms with Crippen LogP contribution in [-0.2, 0) is 0 Å². The number of hydrogen-bond donors (Lipinski definition) is 1. The fourth-order valence-electron chi connectivity index (χ4n) is 2.09. The van der Waals surface area contributed by atoms with Crippen molar-refractivity contribution in [1.82, 2.24) is 9.78 Å². The van der Waals surface area contributed by atoms with Gasteiger partial charge in [-0.1, -0.05) is 0 Å². The number of nitrogens with zero attached hydrogens (tertiary/aromatic N) is 3. The average molecular weight is 309 g/mol. The Labute approximate surface area is 130 Å². The zero-order chi connectivity index (χ0) is 15.7. The minimum atomic E-state index is -0.973. The standard InChI is InChI=1S/C16H11N3O2S/c1-10-2-7-14(22-10)15-12(8-17)9-19(18-15)13-5-3-11(4-6-13)16(20)21/h2-7,9H,1H3,(H,20,21). The molecule has 0 radical (unpaired) electrons. The molecule has 6 heteroatoms. The van der Waals surface area contributed by atoms with E-state index < -0.39 is 5.97 Å². The van der Waals surface area contributed by atoms with Gasteiger partial charge in [0.05, 0.1) is 21.7 Å². The Morgan fingerprint density at radius 3 is 2.55 bits per heavy atom. The number of rotatable bonds is 3. The van der Waals surface area contributed by atoms with Gasteiger partial charge in [0.1, 0.15) is 11.8 Å². The van der Waals surface area contributed by atoms with E-state index in [0.29, 0.717) is 16.9 Å². The van der Waals surface area contributed by atoms with Crippen molar-refractivity contribution >= 4 is 17.3 Å². The zero-order valence-electron chi connectivity index (χ0n) is 11.6. The highest BCUT2D eigenvalue weighted by molar-refractivity contribution is 7.15. The molecule has 5 nitrogen and oxygen atoms in total. The fourth-order valence-corrected chi connectivity index (χ4v) is 2.96. The van der Waals surface area contributed by atoms with Gasteiger partial charge in [-0.2, -0.15) is 10.4 Å². The highest BCUT2D eigenvalue weighted by atomic mass is 32.1. The predicted octanol–water partition coefficient (Wildman–Crippen LogP) is 3.48. The average Bonchev–Trinajstić information content (AvgIpc) is 3.13. The summed E-state index contributed by atoms with van der Waals surface area (Å²) in [5.41, 5.74) is 2.05. The Bertz CT molecular complexity index is 885.